The molecular formula is C16H20N2O3S2. The Hall–Kier alpha value is -1.52. The Morgan fingerprint density at radius 3 is 2.83 bits per heavy atom. The molecule has 1 heterocycles. The second kappa shape index (κ2) is 8.94. The van der Waals surface area contributed by atoms with Crippen molar-refractivity contribution in [2.45, 2.75) is 43.4 Å². The second-order valence-electron chi connectivity index (χ2n) is 5.54. The minimum absolute atomic E-state index is 0.217. The first-order valence-electron chi connectivity index (χ1n) is 7.61. The van der Waals surface area contributed by atoms with Crippen LogP contribution in [-0.4, -0.2) is 29.8 Å². The molecule has 124 valence electrons. The maximum Gasteiger partial charge on any atom is 0.316 e. The van der Waals surface area contributed by atoms with E-state index in [2.05, 4.69) is 11.4 Å². The van der Waals surface area contributed by atoms with E-state index >= 15 is 0 Å². The van der Waals surface area contributed by atoms with E-state index < -0.39 is 17.4 Å². The fraction of sp³-hybridized carbons (Fsp3) is 0.562. The molecule has 5 nitrogen and oxygen atoms in total. The zero-order valence-electron chi connectivity index (χ0n) is 12.9. The van der Waals surface area contributed by atoms with E-state index in [1.165, 1.54) is 16.6 Å². The van der Waals surface area contributed by atoms with Gasteiger partial charge in [-0.15, -0.1) is 23.1 Å². The summed E-state index contributed by atoms with van der Waals surface area (Å²) in [5.74, 6) is 0.173. The summed E-state index contributed by atoms with van der Waals surface area (Å²) in [4.78, 5) is 24.7. The molecule has 0 aliphatic heterocycles. The smallest absolute Gasteiger partial charge is 0.316 e. The van der Waals surface area contributed by atoms with Gasteiger partial charge in [0.05, 0.1) is 11.8 Å². The highest BCUT2D eigenvalue weighted by Gasteiger charge is 2.33. The number of carbonyl (C=O) groups is 2. The van der Waals surface area contributed by atoms with Crippen LogP contribution in [0, 0.1) is 11.3 Å². The van der Waals surface area contributed by atoms with Crippen LogP contribution in [0.25, 0.3) is 0 Å². The van der Waals surface area contributed by atoms with Gasteiger partial charge in [-0.1, -0.05) is 25.3 Å². The lowest BCUT2D eigenvalue weighted by atomic mass is 9.83. The van der Waals surface area contributed by atoms with Crippen LogP contribution in [0.15, 0.2) is 17.5 Å². The van der Waals surface area contributed by atoms with E-state index in [1.807, 2.05) is 17.5 Å². The molecule has 1 aliphatic rings. The number of thiophene rings is 1. The van der Waals surface area contributed by atoms with Gasteiger partial charge in [0.25, 0.3) is 5.91 Å². The molecule has 1 N–H and O–H groups in total. The predicted octanol–water partition coefficient (Wildman–Crippen LogP) is 2.87. The van der Waals surface area contributed by atoms with Gasteiger partial charge in [0.15, 0.2) is 6.61 Å². The van der Waals surface area contributed by atoms with Crippen molar-refractivity contribution in [3.63, 3.8) is 0 Å². The van der Waals surface area contributed by atoms with E-state index in [0.717, 1.165) is 25.0 Å². The van der Waals surface area contributed by atoms with Gasteiger partial charge in [-0.25, -0.2) is 0 Å². The van der Waals surface area contributed by atoms with Crippen LogP contribution < -0.4 is 5.32 Å². The molecule has 1 aromatic heterocycles. The maximum absolute atomic E-state index is 11.9. The largest absolute Gasteiger partial charge is 0.455 e. The SMILES string of the molecule is N#CC1(NC(=O)COC(=O)CSCc2cccs2)CCCCC1. The Balaban J connectivity index is 1.65. The molecule has 0 atom stereocenters. The highest BCUT2D eigenvalue weighted by Crippen LogP contribution is 2.27. The molecule has 0 bridgehead atoms. The first kappa shape index (κ1) is 17.8. The van der Waals surface area contributed by atoms with Crippen molar-refractivity contribution in [3.05, 3.63) is 22.4 Å². The summed E-state index contributed by atoms with van der Waals surface area (Å²) in [5, 5.41) is 14.0. The van der Waals surface area contributed by atoms with E-state index in [0.29, 0.717) is 12.8 Å². The monoisotopic (exact) mass is 352 g/mol. The van der Waals surface area contributed by atoms with Gasteiger partial charge < -0.3 is 10.1 Å². The maximum atomic E-state index is 11.9. The third kappa shape index (κ3) is 5.88. The van der Waals surface area contributed by atoms with Crippen molar-refractivity contribution in [1.82, 2.24) is 5.32 Å². The Bertz CT molecular complexity index is 560. The minimum Gasteiger partial charge on any atom is -0.455 e. The van der Waals surface area contributed by atoms with Gasteiger partial charge in [-0.3, -0.25) is 9.59 Å². The van der Waals surface area contributed by atoms with Crippen molar-refractivity contribution >= 4 is 35.0 Å². The first-order valence-corrected chi connectivity index (χ1v) is 9.65. The summed E-state index contributed by atoms with van der Waals surface area (Å²) >= 11 is 3.11. The number of thioether (sulfide) groups is 1. The van der Waals surface area contributed by atoms with E-state index in [-0.39, 0.29) is 12.4 Å². The lowest BCUT2D eigenvalue weighted by molar-refractivity contribution is -0.146. The van der Waals surface area contributed by atoms with Gasteiger partial charge in [-0.2, -0.15) is 5.26 Å². The normalized spacial score (nSPS) is 16.3. The number of esters is 1. The molecule has 1 saturated carbocycles. The van der Waals surface area contributed by atoms with Crippen LogP contribution in [-0.2, 0) is 20.1 Å². The Kier molecular flexibility index (Phi) is 6.93. The molecule has 1 amide bonds. The number of hydrogen-bond acceptors (Lipinski definition) is 6. The molecule has 2 rings (SSSR count). The van der Waals surface area contributed by atoms with Gasteiger partial charge in [0.1, 0.15) is 5.54 Å². The summed E-state index contributed by atoms with van der Waals surface area (Å²) in [6.07, 6.45) is 4.30. The number of ether oxygens (including phenoxy) is 1. The Morgan fingerprint density at radius 1 is 1.39 bits per heavy atom. The van der Waals surface area contributed by atoms with E-state index in [4.69, 9.17) is 4.74 Å². The fourth-order valence-electron chi connectivity index (χ4n) is 2.54. The molecule has 0 radical (unpaired) electrons. The highest BCUT2D eigenvalue weighted by atomic mass is 32.2. The summed E-state index contributed by atoms with van der Waals surface area (Å²) in [6.45, 7) is -0.318. The fourth-order valence-corrected chi connectivity index (χ4v) is 4.20. The quantitative estimate of drug-likeness (QED) is 0.763. The molecule has 1 aliphatic carbocycles. The lowest BCUT2D eigenvalue weighted by Crippen LogP contribution is -2.50. The number of carbonyl (C=O) groups excluding carboxylic acids is 2. The van der Waals surface area contributed by atoms with Crippen molar-refractivity contribution in [2.24, 2.45) is 0 Å². The first-order chi connectivity index (χ1) is 11.1. The minimum atomic E-state index is -0.782. The van der Waals surface area contributed by atoms with Gasteiger partial charge >= 0.3 is 5.97 Å². The zero-order chi connectivity index (χ0) is 16.5. The Morgan fingerprint density at radius 2 is 2.17 bits per heavy atom. The summed E-state index contributed by atoms with van der Waals surface area (Å²) < 4.78 is 4.98. The van der Waals surface area contributed by atoms with Crippen LogP contribution in [0.4, 0.5) is 0 Å². The third-order valence-electron chi connectivity index (χ3n) is 3.71. The predicted molar refractivity (Wildman–Crippen MR) is 91.0 cm³/mol. The van der Waals surface area contributed by atoms with Gasteiger partial charge in [-0.05, 0) is 24.3 Å². The summed E-state index contributed by atoms with van der Waals surface area (Å²) in [7, 11) is 0. The number of hydrogen-bond donors (Lipinski definition) is 1. The molecule has 0 saturated heterocycles. The average molecular weight is 352 g/mol. The van der Waals surface area contributed by atoms with Crippen LogP contribution in [0.2, 0.25) is 0 Å². The molecule has 0 unspecified atom stereocenters. The molecule has 23 heavy (non-hydrogen) atoms. The van der Waals surface area contributed by atoms with E-state index in [1.54, 1.807) is 11.3 Å². The molecule has 1 aromatic rings. The molecular weight excluding hydrogens is 332 g/mol. The number of rotatable bonds is 7. The van der Waals surface area contributed by atoms with Gasteiger partial charge in [0.2, 0.25) is 0 Å². The topological polar surface area (TPSA) is 79.2 Å². The van der Waals surface area contributed by atoms with Crippen LogP contribution in [0.5, 0.6) is 0 Å². The molecule has 7 heteroatoms. The second-order valence-corrected chi connectivity index (χ2v) is 7.55. The highest BCUT2D eigenvalue weighted by molar-refractivity contribution is 7.99. The number of amides is 1. The lowest BCUT2D eigenvalue weighted by Gasteiger charge is -2.31. The summed E-state index contributed by atoms with van der Waals surface area (Å²) in [6, 6.07) is 6.20. The van der Waals surface area contributed by atoms with Crippen molar-refractivity contribution in [3.8, 4) is 6.07 Å². The molecule has 0 spiro atoms. The molecule has 0 aromatic carbocycles. The number of nitriles is 1. The van der Waals surface area contributed by atoms with Crippen LogP contribution in [0.1, 0.15) is 37.0 Å². The number of nitrogens with zero attached hydrogens (tertiary/aromatic N) is 1. The standard InChI is InChI=1S/C16H20N2O3S2/c17-12-16(6-2-1-3-7-16)18-14(19)9-21-15(20)11-22-10-13-5-4-8-23-13/h4-5,8H,1-3,6-7,9-11H2,(H,18,19). The zero-order valence-corrected chi connectivity index (χ0v) is 14.5. The number of nitrogens with one attached hydrogen (secondary N) is 1. The van der Waals surface area contributed by atoms with Crippen molar-refractivity contribution < 1.29 is 14.3 Å². The Labute approximate surface area is 144 Å². The van der Waals surface area contributed by atoms with Crippen molar-refractivity contribution in [2.75, 3.05) is 12.4 Å². The van der Waals surface area contributed by atoms with Crippen LogP contribution >= 0.6 is 23.1 Å². The van der Waals surface area contributed by atoms with Crippen molar-refractivity contribution in [1.29, 1.82) is 5.26 Å². The average Bonchev–Trinajstić information content (AvgIpc) is 3.07. The summed E-state index contributed by atoms with van der Waals surface area (Å²) in [5.41, 5.74) is -0.782. The van der Waals surface area contributed by atoms with E-state index in [9.17, 15) is 14.9 Å². The van der Waals surface area contributed by atoms with Gasteiger partial charge in [0, 0.05) is 10.6 Å². The molecule has 1 fully saturated rings. The van der Waals surface area contributed by atoms with Crippen LogP contribution in [0.3, 0.4) is 0 Å². The third-order valence-corrected chi connectivity index (χ3v) is 5.72.